The fourth-order valence-electron chi connectivity index (χ4n) is 3.31. The Kier molecular flexibility index (Phi) is 5.59. The highest BCUT2D eigenvalue weighted by Gasteiger charge is 2.28. The predicted molar refractivity (Wildman–Crippen MR) is 118 cm³/mol. The van der Waals surface area contributed by atoms with E-state index in [4.69, 9.17) is 34.8 Å². The van der Waals surface area contributed by atoms with E-state index in [1.807, 2.05) is 19.9 Å². The summed E-state index contributed by atoms with van der Waals surface area (Å²) in [6.45, 7) is 3.87. The van der Waals surface area contributed by atoms with Crippen LogP contribution in [0, 0.1) is 0 Å². The van der Waals surface area contributed by atoms with Crippen LogP contribution in [0.2, 0.25) is 15.1 Å². The Hall–Kier alpha value is -2.38. The van der Waals surface area contributed by atoms with Gasteiger partial charge in [-0.25, -0.2) is 9.67 Å². The van der Waals surface area contributed by atoms with E-state index in [0.29, 0.717) is 27.5 Å². The van der Waals surface area contributed by atoms with Gasteiger partial charge in [-0.05, 0) is 23.6 Å². The minimum Gasteiger partial charge on any atom is -0.380 e. The van der Waals surface area contributed by atoms with Crippen LogP contribution < -0.4 is 5.56 Å². The third-order valence-electron chi connectivity index (χ3n) is 4.73. The van der Waals surface area contributed by atoms with Gasteiger partial charge in [-0.2, -0.15) is 4.98 Å². The van der Waals surface area contributed by atoms with Crippen molar-refractivity contribution in [2.75, 3.05) is 0 Å². The van der Waals surface area contributed by atoms with Gasteiger partial charge in [0, 0.05) is 5.02 Å². The van der Waals surface area contributed by atoms with Crippen LogP contribution in [0.4, 0.5) is 0 Å². The van der Waals surface area contributed by atoms with Gasteiger partial charge >= 0.3 is 0 Å². The van der Waals surface area contributed by atoms with Crippen LogP contribution in [-0.2, 0) is 0 Å². The molecule has 154 valence electrons. The number of nitrogens with zero attached hydrogens (tertiary/aromatic N) is 3. The van der Waals surface area contributed by atoms with Crippen molar-refractivity contribution in [2.24, 2.45) is 0 Å². The maximum absolute atomic E-state index is 12.9. The molecule has 2 N–H and O–H groups in total. The summed E-state index contributed by atoms with van der Waals surface area (Å²) in [7, 11) is 0. The minimum atomic E-state index is -1.16. The molecule has 1 unspecified atom stereocenters. The molecule has 0 radical (unpaired) electrons. The smallest absolute Gasteiger partial charge is 0.284 e. The van der Waals surface area contributed by atoms with Crippen molar-refractivity contribution in [2.45, 2.75) is 25.9 Å². The predicted octanol–water partition coefficient (Wildman–Crippen LogP) is 5.23. The van der Waals surface area contributed by atoms with Gasteiger partial charge in [0.25, 0.3) is 5.56 Å². The molecular formula is C21H17Cl3N4O2. The SMILES string of the molecule is CC(C)c1[nH]n(-c2c(Cl)cc(Cl)cc2Cl)c2nc(C(O)c3ccccc3)nc(=O)c1-2. The first-order valence-electron chi connectivity index (χ1n) is 9.18. The van der Waals surface area contributed by atoms with E-state index >= 15 is 0 Å². The number of aliphatic hydroxyl groups excluding tert-OH is 1. The second-order valence-corrected chi connectivity index (χ2v) is 8.38. The van der Waals surface area contributed by atoms with Gasteiger partial charge in [0.05, 0.1) is 15.7 Å². The first-order valence-corrected chi connectivity index (χ1v) is 10.3. The quantitative estimate of drug-likeness (QED) is 0.434. The normalized spacial score (nSPS) is 12.6. The lowest BCUT2D eigenvalue weighted by Crippen LogP contribution is -2.20. The van der Waals surface area contributed by atoms with Gasteiger partial charge in [-0.1, -0.05) is 79.0 Å². The Balaban J connectivity index is 2.00. The van der Waals surface area contributed by atoms with Crippen molar-refractivity contribution < 1.29 is 5.11 Å². The number of benzene rings is 2. The van der Waals surface area contributed by atoms with E-state index in [2.05, 4.69) is 15.1 Å². The summed E-state index contributed by atoms with van der Waals surface area (Å²) in [5.41, 5.74) is 1.43. The zero-order valence-electron chi connectivity index (χ0n) is 16.0. The number of halogens is 3. The Morgan fingerprint density at radius 1 is 1.03 bits per heavy atom. The number of aromatic nitrogens is 4. The van der Waals surface area contributed by atoms with E-state index in [-0.39, 0.29) is 27.6 Å². The first kappa shape index (κ1) is 20.9. The van der Waals surface area contributed by atoms with E-state index in [9.17, 15) is 9.90 Å². The van der Waals surface area contributed by atoms with Gasteiger partial charge in [-0.3, -0.25) is 9.89 Å². The fraction of sp³-hybridized carbons (Fsp3) is 0.190. The Labute approximate surface area is 187 Å². The van der Waals surface area contributed by atoms with Gasteiger partial charge < -0.3 is 5.11 Å². The lowest BCUT2D eigenvalue weighted by molar-refractivity contribution is 0.209. The molecule has 2 heterocycles. The van der Waals surface area contributed by atoms with Crippen LogP contribution in [0.15, 0.2) is 47.3 Å². The molecule has 2 aliphatic rings. The molecule has 0 spiro atoms. The molecule has 2 aromatic rings. The monoisotopic (exact) mass is 462 g/mol. The zero-order chi connectivity index (χ0) is 21.6. The summed E-state index contributed by atoms with van der Waals surface area (Å²) >= 11 is 18.9. The number of hydrogen-bond acceptors (Lipinski definition) is 4. The van der Waals surface area contributed by atoms with Crippen LogP contribution in [0.3, 0.4) is 0 Å². The average Bonchev–Trinajstić information content (AvgIpc) is 3.07. The molecule has 30 heavy (non-hydrogen) atoms. The Morgan fingerprint density at radius 2 is 1.67 bits per heavy atom. The van der Waals surface area contributed by atoms with Crippen molar-refractivity contribution in [1.29, 1.82) is 0 Å². The number of H-pyrrole nitrogens is 1. The molecule has 9 heteroatoms. The number of aromatic amines is 1. The lowest BCUT2D eigenvalue weighted by Gasteiger charge is -2.13. The van der Waals surface area contributed by atoms with Crippen LogP contribution >= 0.6 is 34.8 Å². The zero-order valence-corrected chi connectivity index (χ0v) is 18.3. The molecule has 0 aromatic heterocycles. The van der Waals surface area contributed by atoms with E-state index in [1.54, 1.807) is 36.4 Å². The van der Waals surface area contributed by atoms with Crippen molar-refractivity contribution in [3.05, 3.63) is 85.0 Å². The topological polar surface area (TPSA) is 83.8 Å². The minimum absolute atomic E-state index is 0.0111. The molecule has 4 rings (SSSR count). The van der Waals surface area contributed by atoms with Crippen LogP contribution in [0.1, 0.15) is 43.0 Å². The Morgan fingerprint density at radius 3 is 2.27 bits per heavy atom. The highest BCUT2D eigenvalue weighted by Crippen LogP contribution is 2.37. The first-order chi connectivity index (χ1) is 14.3. The van der Waals surface area contributed by atoms with Crippen molar-refractivity contribution in [3.8, 4) is 17.1 Å². The van der Waals surface area contributed by atoms with Gasteiger partial charge in [0.1, 0.15) is 17.4 Å². The molecule has 2 aliphatic heterocycles. The standard InChI is InChI=1S/C21H17Cl3N4O2/c1-10(2)16-15-20(28(27-16)17-13(23)8-12(22)9-14(17)24)25-19(26-21(15)30)18(29)11-6-4-3-5-7-11/h3-10,18,27,29H,1-2H3. The second-order valence-electron chi connectivity index (χ2n) is 7.13. The number of hydrogen-bond donors (Lipinski definition) is 2. The van der Waals surface area contributed by atoms with Crippen molar-refractivity contribution >= 4 is 34.8 Å². The van der Waals surface area contributed by atoms with E-state index in [1.165, 1.54) is 4.68 Å². The molecule has 0 fully saturated rings. The molecule has 0 amide bonds. The summed E-state index contributed by atoms with van der Waals surface area (Å²) < 4.78 is 1.54. The summed E-state index contributed by atoms with van der Waals surface area (Å²) in [6.07, 6.45) is -1.16. The summed E-state index contributed by atoms with van der Waals surface area (Å²) in [6, 6.07) is 12.0. The largest absolute Gasteiger partial charge is 0.380 e. The molecule has 0 saturated carbocycles. The number of nitrogens with one attached hydrogen (secondary N) is 1. The van der Waals surface area contributed by atoms with E-state index in [0.717, 1.165) is 0 Å². The lowest BCUT2D eigenvalue weighted by atomic mass is 10.0. The molecule has 0 saturated heterocycles. The van der Waals surface area contributed by atoms with E-state index < -0.39 is 11.7 Å². The van der Waals surface area contributed by atoms with Crippen LogP contribution in [-0.4, -0.2) is 24.9 Å². The van der Waals surface area contributed by atoms with Crippen molar-refractivity contribution in [3.63, 3.8) is 0 Å². The molecule has 6 nitrogen and oxygen atoms in total. The number of rotatable bonds is 4. The van der Waals surface area contributed by atoms with Gasteiger partial charge in [0.2, 0.25) is 0 Å². The Bertz CT molecular complexity index is 1230. The van der Waals surface area contributed by atoms with Crippen molar-refractivity contribution in [1.82, 2.24) is 19.7 Å². The maximum atomic E-state index is 12.9. The summed E-state index contributed by atoms with van der Waals surface area (Å²) in [4.78, 5) is 21.5. The summed E-state index contributed by atoms with van der Waals surface area (Å²) in [5, 5.41) is 14.9. The molecular weight excluding hydrogens is 447 g/mol. The molecule has 1 atom stereocenters. The third kappa shape index (κ3) is 3.61. The highest BCUT2D eigenvalue weighted by atomic mass is 35.5. The number of fused-ring (bicyclic) bond motifs is 1. The van der Waals surface area contributed by atoms with Crippen LogP contribution in [0.5, 0.6) is 0 Å². The van der Waals surface area contributed by atoms with Gasteiger partial charge in [-0.15, -0.1) is 0 Å². The van der Waals surface area contributed by atoms with Crippen LogP contribution in [0.25, 0.3) is 17.1 Å². The third-order valence-corrected chi connectivity index (χ3v) is 5.52. The maximum Gasteiger partial charge on any atom is 0.284 e. The average molecular weight is 464 g/mol. The molecule has 0 aliphatic carbocycles. The molecule has 2 aromatic carbocycles. The molecule has 0 bridgehead atoms. The second kappa shape index (κ2) is 8.04. The fourth-order valence-corrected chi connectivity index (χ4v) is 4.29. The number of aliphatic hydroxyl groups is 1. The van der Waals surface area contributed by atoms with Gasteiger partial charge in [0.15, 0.2) is 11.6 Å². The summed E-state index contributed by atoms with van der Waals surface area (Å²) in [5.74, 6) is 0.234. The highest BCUT2D eigenvalue weighted by molar-refractivity contribution is 6.40.